The lowest BCUT2D eigenvalue weighted by atomic mass is 9.85. The van der Waals surface area contributed by atoms with Gasteiger partial charge in [0.05, 0.1) is 18.3 Å². The molecule has 2 N–H and O–H groups in total. The Hall–Kier alpha value is -0.160. The first-order valence-electron chi connectivity index (χ1n) is 6.60. The van der Waals surface area contributed by atoms with E-state index in [1.165, 1.54) is 0 Å². The molecule has 1 heterocycles. The minimum Gasteiger partial charge on any atom is -0.396 e. The quantitative estimate of drug-likeness (QED) is 0.663. The molecule has 0 amide bonds. The monoisotopic (exact) mass is 246 g/mol. The van der Waals surface area contributed by atoms with Crippen molar-refractivity contribution in [3.8, 4) is 0 Å². The molecule has 0 aromatic rings. The third-order valence-electron chi connectivity index (χ3n) is 3.46. The molecular formula is C13H26O4. The number of rotatable bonds is 7. The van der Waals surface area contributed by atoms with Gasteiger partial charge >= 0.3 is 0 Å². The van der Waals surface area contributed by atoms with Gasteiger partial charge in [0.25, 0.3) is 0 Å². The summed E-state index contributed by atoms with van der Waals surface area (Å²) in [6.07, 6.45) is 1.58. The second-order valence-electron chi connectivity index (χ2n) is 5.13. The van der Waals surface area contributed by atoms with Crippen LogP contribution in [-0.4, -0.2) is 48.3 Å². The minimum absolute atomic E-state index is 0.0673. The highest BCUT2D eigenvalue weighted by Gasteiger charge is 2.43. The van der Waals surface area contributed by atoms with Crippen molar-refractivity contribution < 1.29 is 19.7 Å². The lowest BCUT2D eigenvalue weighted by Crippen LogP contribution is -2.34. The Bertz CT molecular complexity index is 208. The molecule has 0 aromatic carbocycles. The molecule has 1 fully saturated rings. The predicted molar refractivity (Wildman–Crippen MR) is 65.8 cm³/mol. The highest BCUT2D eigenvalue weighted by Crippen LogP contribution is 2.36. The molecule has 4 nitrogen and oxygen atoms in total. The van der Waals surface area contributed by atoms with Gasteiger partial charge in [0.15, 0.2) is 0 Å². The van der Waals surface area contributed by atoms with Gasteiger partial charge in [-0.15, -0.1) is 0 Å². The summed E-state index contributed by atoms with van der Waals surface area (Å²) in [7, 11) is 0. The summed E-state index contributed by atoms with van der Waals surface area (Å²) in [4.78, 5) is 0. The zero-order valence-electron chi connectivity index (χ0n) is 11.1. The van der Waals surface area contributed by atoms with Gasteiger partial charge in [-0.25, -0.2) is 0 Å². The van der Waals surface area contributed by atoms with Crippen LogP contribution in [-0.2, 0) is 9.47 Å². The molecule has 0 unspecified atom stereocenters. The molecule has 17 heavy (non-hydrogen) atoms. The SMILES string of the molecule is CC(C)[C@H]1[C@@H](OCCCO)[C@H](C)O[C@@H]1CCO. The van der Waals surface area contributed by atoms with E-state index < -0.39 is 0 Å². The van der Waals surface area contributed by atoms with Crippen molar-refractivity contribution in [2.24, 2.45) is 11.8 Å². The Balaban J connectivity index is 2.58. The van der Waals surface area contributed by atoms with E-state index in [2.05, 4.69) is 13.8 Å². The normalized spacial score (nSPS) is 33.5. The predicted octanol–water partition coefficient (Wildman–Crippen LogP) is 1.20. The van der Waals surface area contributed by atoms with E-state index in [0.29, 0.717) is 31.3 Å². The van der Waals surface area contributed by atoms with E-state index in [1.54, 1.807) is 0 Å². The summed E-state index contributed by atoms with van der Waals surface area (Å²) in [6, 6.07) is 0. The molecule has 1 saturated heterocycles. The second-order valence-corrected chi connectivity index (χ2v) is 5.13. The van der Waals surface area contributed by atoms with Gasteiger partial charge in [-0.3, -0.25) is 0 Å². The number of aliphatic hydroxyl groups is 2. The molecule has 4 atom stereocenters. The van der Waals surface area contributed by atoms with E-state index in [4.69, 9.17) is 19.7 Å². The number of ether oxygens (including phenoxy) is 2. The average molecular weight is 246 g/mol. The maximum atomic E-state index is 9.06. The molecule has 0 spiro atoms. The smallest absolute Gasteiger partial charge is 0.0889 e. The summed E-state index contributed by atoms with van der Waals surface area (Å²) in [5, 5.41) is 17.8. The third kappa shape index (κ3) is 3.91. The van der Waals surface area contributed by atoms with E-state index in [0.717, 1.165) is 0 Å². The van der Waals surface area contributed by atoms with Crippen LogP contribution in [0.25, 0.3) is 0 Å². The van der Waals surface area contributed by atoms with Gasteiger partial charge in [-0.05, 0) is 25.7 Å². The van der Waals surface area contributed by atoms with Crippen LogP contribution < -0.4 is 0 Å². The fourth-order valence-corrected chi connectivity index (χ4v) is 2.70. The van der Waals surface area contributed by atoms with Crippen molar-refractivity contribution in [3.05, 3.63) is 0 Å². The summed E-state index contributed by atoms with van der Waals surface area (Å²) in [6.45, 7) is 7.25. The van der Waals surface area contributed by atoms with Crippen LogP contribution in [0.3, 0.4) is 0 Å². The molecule has 1 aliphatic heterocycles. The number of hydrogen-bond donors (Lipinski definition) is 2. The van der Waals surface area contributed by atoms with Crippen LogP contribution in [0, 0.1) is 11.8 Å². The van der Waals surface area contributed by atoms with Gasteiger partial charge in [0.2, 0.25) is 0 Å². The van der Waals surface area contributed by atoms with E-state index in [-0.39, 0.29) is 31.5 Å². The maximum Gasteiger partial charge on any atom is 0.0889 e. The standard InChI is InChI=1S/C13H26O4/c1-9(2)12-11(5-7-15)17-10(3)13(12)16-8-4-6-14/h9-15H,4-8H2,1-3H3/t10-,11+,12+,13-/m0/s1. The highest BCUT2D eigenvalue weighted by molar-refractivity contribution is 4.91. The molecule has 1 aliphatic rings. The molecular weight excluding hydrogens is 220 g/mol. The topological polar surface area (TPSA) is 58.9 Å². The lowest BCUT2D eigenvalue weighted by molar-refractivity contribution is -0.0234. The van der Waals surface area contributed by atoms with E-state index in [9.17, 15) is 0 Å². The first kappa shape index (κ1) is 14.9. The Morgan fingerprint density at radius 2 is 1.94 bits per heavy atom. The fraction of sp³-hybridized carbons (Fsp3) is 1.00. The van der Waals surface area contributed by atoms with Gasteiger partial charge in [0, 0.05) is 25.7 Å². The van der Waals surface area contributed by atoms with E-state index >= 15 is 0 Å². The minimum atomic E-state index is 0.0673. The molecule has 0 radical (unpaired) electrons. The summed E-state index contributed by atoms with van der Waals surface area (Å²) in [5.41, 5.74) is 0. The van der Waals surface area contributed by atoms with Crippen LogP contribution in [0.1, 0.15) is 33.6 Å². The van der Waals surface area contributed by atoms with Gasteiger partial charge < -0.3 is 19.7 Å². The largest absolute Gasteiger partial charge is 0.396 e. The molecule has 0 aliphatic carbocycles. The van der Waals surface area contributed by atoms with Crippen molar-refractivity contribution in [2.75, 3.05) is 19.8 Å². The van der Waals surface area contributed by atoms with Crippen LogP contribution in [0.4, 0.5) is 0 Å². The van der Waals surface area contributed by atoms with Crippen LogP contribution in [0.2, 0.25) is 0 Å². The van der Waals surface area contributed by atoms with Crippen molar-refractivity contribution in [1.29, 1.82) is 0 Å². The zero-order chi connectivity index (χ0) is 12.8. The van der Waals surface area contributed by atoms with Crippen molar-refractivity contribution in [3.63, 3.8) is 0 Å². The van der Waals surface area contributed by atoms with Crippen molar-refractivity contribution in [1.82, 2.24) is 0 Å². The Morgan fingerprint density at radius 3 is 2.47 bits per heavy atom. The zero-order valence-corrected chi connectivity index (χ0v) is 11.1. The Labute approximate surface area is 104 Å². The molecule has 1 rings (SSSR count). The first-order valence-corrected chi connectivity index (χ1v) is 6.60. The van der Waals surface area contributed by atoms with Crippen LogP contribution in [0.15, 0.2) is 0 Å². The van der Waals surface area contributed by atoms with Gasteiger partial charge in [0.1, 0.15) is 0 Å². The fourth-order valence-electron chi connectivity index (χ4n) is 2.70. The third-order valence-corrected chi connectivity index (χ3v) is 3.46. The average Bonchev–Trinajstić information content (AvgIpc) is 2.56. The summed E-state index contributed by atoms with van der Waals surface area (Å²) >= 11 is 0. The van der Waals surface area contributed by atoms with E-state index in [1.807, 2.05) is 6.92 Å². The van der Waals surface area contributed by atoms with Crippen molar-refractivity contribution >= 4 is 0 Å². The first-order chi connectivity index (χ1) is 8.11. The summed E-state index contributed by atoms with van der Waals surface area (Å²) in [5.74, 6) is 0.798. The highest BCUT2D eigenvalue weighted by atomic mass is 16.6. The van der Waals surface area contributed by atoms with Crippen molar-refractivity contribution in [2.45, 2.75) is 51.9 Å². The number of hydrogen-bond acceptors (Lipinski definition) is 4. The van der Waals surface area contributed by atoms with Crippen LogP contribution in [0.5, 0.6) is 0 Å². The molecule has 102 valence electrons. The van der Waals surface area contributed by atoms with Gasteiger partial charge in [-0.1, -0.05) is 13.8 Å². The summed E-state index contributed by atoms with van der Waals surface area (Å²) < 4.78 is 11.7. The molecule has 0 saturated carbocycles. The number of aliphatic hydroxyl groups excluding tert-OH is 2. The lowest BCUT2D eigenvalue weighted by Gasteiger charge is -2.26. The Kier molecular flexibility index (Phi) is 6.41. The molecule has 0 aromatic heterocycles. The maximum absolute atomic E-state index is 9.06. The Morgan fingerprint density at radius 1 is 1.24 bits per heavy atom. The molecule has 0 bridgehead atoms. The van der Waals surface area contributed by atoms with Crippen LogP contribution >= 0.6 is 0 Å². The second kappa shape index (κ2) is 7.31. The van der Waals surface area contributed by atoms with Gasteiger partial charge in [-0.2, -0.15) is 0 Å². The molecule has 4 heteroatoms.